The number of likely N-dealkylation sites (tertiary alicyclic amines) is 1. The average Bonchev–Trinajstić information content (AvgIpc) is 3.33. The average molecular weight is 340 g/mol. The second-order valence-corrected chi connectivity index (χ2v) is 7.04. The third kappa shape index (κ3) is 3.67. The summed E-state index contributed by atoms with van der Waals surface area (Å²) in [7, 11) is 0. The molecule has 1 atom stereocenters. The zero-order chi connectivity index (χ0) is 17.1. The normalized spacial score (nSPS) is 21.4. The van der Waals surface area contributed by atoms with Gasteiger partial charge in [-0.05, 0) is 31.4 Å². The largest absolute Gasteiger partial charge is 0.335 e. The fourth-order valence-corrected chi connectivity index (χ4v) is 3.77. The number of nitrogens with zero attached hydrogens (tertiary/aromatic N) is 3. The molecule has 2 aliphatic rings. The summed E-state index contributed by atoms with van der Waals surface area (Å²) in [4.78, 5) is 18.9. The van der Waals surface area contributed by atoms with E-state index in [1.54, 1.807) is 0 Å². The Morgan fingerprint density at radius 3 is 2.72 bits per heavy atom. The number of amides is 2. The highest BCUT2D eigenvalue weighted by molar-refractivity contribution is 5.75. The van der Waals surface area contributed by atoms with E-state index in [9.17, 15) is 4.79 Å². The predicted molar refractivity (Wildman–Crippen MR) is 94.1 cm³/mol. The molecule has 1 aliphatic heterocycles. The molecule has 0 bridgehead atoms. The Morgan fingerprint density at radius 2 is 1.92 bits per heavy atom. The lowest BCUT2D eigenvalue weighted by Crippen LogP contribution is -2.44. The van der Waals surface area contributed by atoms with E-state index in [2.05, 4.69) is 15.5 Å². The first-order valence-electron chi connectivity index (χ1n) is 9.24. The molecule has 0 radical (unpaired) electrons. The molecule has 4 rings (SSSR count). The second kappa shape index (κ2) is 7.25. The number of rotatable bonds is 3. The minimum atomic E-state index is 0.0566. The number of hydrogen-bond acceptors (Lipinski definition) is 4. The molecule has 1 unspecified atom stereocenters. The minimum Gasteiger partial charge on any atom is -0.335 e. The van der Waals surface area contributed by atoms with Crippen molar-refractivity contribution in [3.8, 4) is 11.5 Å². The van der Waals surface area contributed by atoms with E-state index in [4.69, 9.17) is 4.52 Å². The molecule has 25 heavy (non-hydrogen) atoms. The molecular formula is C19H24N4O2. The number of hydrogen-bond donors (Lipinski definition) is 1. The molecule has 2 amide bonds. The van der Waals surface area contributed by atoms with Crippen LogP contribution in [0.5, 0.6) is 0 Å². The van der Waals surface area contributed by atoms with Crippen LogP contribution in [0.1, 0.15) is 50.3 Å². The molecule has 1 aromatic carbocycles. The molecule has 1 aromatic heterocycles. The summed E-state index contributed by atoms with van der Waals surface area (Å²) in [5.74, 6) is 1.39. The smallest absolute Gasteiger partial charge is 0.317 e. The zero-order valence-corrected chi connectivity index (χ0v) is 14.4. The number of aromatic nitrogens is 2. The number of benzene rings is 1. The number of urea groups is 1. The van der Waals surface area contributed by atoms with Gasteiger partial charge >= 0.3 is 6.03 Å². The fourth-order valence-electron chi connectivity index (χ4n) is 3.77. The quantitative estimate of drug-likeness (QED) is 0.927. The summed E-state index contributed by atoms with van der Waals surface area (Å²) in [6, 6.07) is 10.2. The maximum absolute atomic E-state index is 12.5. The van der Waals surface area contributed by atoms with Crippen LogP contribution in [0.15, 0.2) is 34.9 Å². The molecule has 132 valence electrons. The van der Waals surface area contributed by atoms with Crippen molar-refractivity contribution in [3.05, 3.63) is 36.2 Å². The van der Waals surface area contributed by atoms with Gasteiger partial charge in [0.15, 0.2) is 5.82 Å². The van der Waals surface area contributed by atoms with E-state index in [1.807, 2.05) is 35.2 Å². The molecule has 0 spiro atoms. The van der Waals surface area contributed by atoms with Gasteiger partial charge in [-0.2, -0.15) is 4.98 Å². The summed E-state index contributed by atoms with van der Waals surface area (Å²) in [5, 5.41) is 7.33. The zero-order valence-electron chi connectivity index (χ0n) is 14.4. The summed E-state index contributed by atoms with van der Waals surface area (Å²) < 4.78 is 5.40. The van der Waals surface area contributed by atoms with E-state index in [0.717, 1.165) is 31.4 Å². The minimum absolute atomic E-state index is 0.0566. The highest BCUT2D eigenvalue weighted by Gasteiger charge is 2.31. The van der Waals surface area contributed by atoms with E-state index in [0.29, 0.717) is 24.3 Å². The summed E-state index contributed by atoms with van der Waals surface area (Å²) >= 11 is 0. The number of carbonyl (C=O) groups is 1. The molecule has 2 heterocycles. The summed E-state index contributed by atoms with van der Waals surface area (Å²) in [6.45, 7) is 1.41. The molecule has 1 saturated carbocycles. The van der Waals surface area contributed by atoms with Gasteiger partial charge in [-0.1, -0.05) is 42.6 Å². The molecular weight excluding hydrogens is 316 g/mol. The Morgan fingerprint density at radius 1 is 1.12 bits per heavy atom. The highest BCUT2D eigenvalue weighted by atomic mass is 16.5. The van der Waals surface area contributed by atoms with E-state index in [1.165, 1.54) is 19.3 Å². The van der Waals surface area contributed by atoms with Gasteiger partial charge in [0.05, 0.1) is 0 Å². The van der Waals surface area contributed by atoms with Crippen LogP contribution in [0.4, 0.5) is 4.79 Å². The second-order valence-electron chi connectivity index (χ2n) is 7.04. The van der Waals surface area contributed by atoms with Crippen LogP contribution in [0.3, 0.4) is 0 Å². The number of carbonyl (C=O) groups excluding carboxylic acids is 1. The lowest BCUT2D eigenvalue weighted by atomic mass is 9.96. The topological polar surface area (TPSA) is 71.3 Å². The maximum atomic E-state index is 12.5. The molecule has 6 heteroatoms. The van der Waals surface area contributed by atoms with Gasteiger partial charge in [-0.25, -0.2) is 4.79 Å². The van der Waals surface area contributed by atoms with Crippen molar-refractivity contribution in [2.45, 2.75) is 50.5 Å². The first-order valence-corrected chi connectivity index (χ1v) is 9.24. The summed E-state index contributed by atoms with van der Waals surface area (Å²) in [6.07, 6.45) is 6.82. The summed E-state index contributed by atoms with van der Waals surface area (Å²) in [5.41, 5.74) is 0.922. The van der Waals surface area contributed by atoms with E-state index < -0.39 is 0 Å². The van der Waals surface area contributed by atoms with Crippen LogP contribution in [-0.4, -0.2) is 40.2 Å². The standard InChI is InChI=1S/C19H24N4O2/c24-19(20-16-9-5-2-6-10-16)23-12-11-15(13-23)17-21-18(25-22-17)14-7-3-1-4-8-14/h1,3-4,7-8,15-16H,2,5-6,9-13H2,(H,20,24). The van der Waals surface area contributed by atoms with Crippen molar-refractivity contribution >= 4 is 6.03 Å². The third-order valence-electron chi connectivity index (χ3n) is 5.24. The molecule has 2 fully saturated rings. The van der Waals surface area contributed by atoms with Crippen molar-refractivity contribution in [2.24, 2.45) is 0 Å². The van der Waals surface area contributed by atoms with Crippen LogP contribution in [-0.2, 0) is 0 Å². The van der Waals surface area contributed by atoms with Crippen LogP contribution < -0.4 is 5.32 Å². The van der Waals surface area contributed by atoms with Gasteiger partial charge in [0.25, 0.3) is 5.89 Å². The predicted octanol–water partition coefficient (Wildman–Crippen LogP) is 3.57. The van der Waals surface area contributed by atoms with Crippen molar-refractivity contribution in [1.82, 2.24) is 20.4 Å². The van der Waals surface area contributed by atoms with Crippen LogP contribution in [0.2, 0.25) is 0 Å². The lowest BCUT2D eigenvalue weighted by molar-refractivity contribution is 0.200. The van der Waals surface area contributed by atoms with E-state index in [-0.39, 0.29) is 11.9 Å². The number of nitrogens with one attached hydrogen (secondary N) is 1. The SMILES string of the molecule is O=C(NC1CCCCC1)N1CCC(c2noc(-c3ccccc3)n2)C1. The van der Waals surface area contributed by atoms with Gasteiger partial charge in [0.2, 0.25) is 0 Å². The first-order chi connectivity index (χ1) is 12.3. The van der Waals surface area contributed by atoms with Crippen molar-refractivity contribution in [1.29, 1.82) is 0 Å². The lowest BCUT2D eigenvalue weighted by Gasteiger charge is -2.26. The van der Waals surface area contributed by atoms with Crippen molar-refractivity contribution < 1.29 is 9.32 Å². The van der Waals surface area contributed by atoms with Gasteiger partial charge in [-0.15, -0.1) is 0 Å². The fraction of sp³-hybridized carbons (Fsp3) is 0.526. The Hall–Kier alpha value is -2.37. The molecule has 1 saturated heterocycles. The van der Waals surface area contributed by atoms with Gasteiger partial charge in [0.1, 0.15) is 0 Å². The molecule has 1 aliphatic carbocycles. The first kappa shape index (κ1) is 16.1. The Labute approximate surface area is 147 Å². The van der Waals surface area contributed by atoms with Gasteiger partial charge < -0.3 is 14.7 Å². The van der Waals surface area contributed by atoms with Crippen LogP contribution in [0.25, 0.3) is 11.5 Å². The van der Waals surface area contributed by atoms with Crippen LogP contribution >= 0.6 is 0 Å². The van der Waals surface area contributed by atoms with Gasteiger partial charge in [-0.3, -0.25) is 0 Å². The Balaban J connectivity index is 1.36. The molecule has 6 nitrogen and oxygen atoms in total. The van der Waals surface area contributed by atoms with Crippen LogP contribution in [0, 0.1) is 0 Å². The monoisotopic (exact) mass is 340 g/mol. The molecule has 2 aromatic rings. The Bertz CT molecular complexity index is 709. The van der Waals surface area contributed by atoms with E-state index >= 15 is 0 Å². The molecule has 1 N–H and O–H groups in total. The van der Waals surface area contributed by atoms with Crippen molar-refractivity contribution in [3.63, 3.8) is 0 Å². The third-order valence-corrected chi connectivity index (χ3v) is 5.24. The van der Waals surface area contributed by atoms with Gasteiger partial charge in [0, 0.05) is 30.6 Å². The Kier molecular flexibility index (Phi) is 4.68. The van der Waals surface area contributed by atoms with Crippen molar-refractivity contribution in [2.75, 3.05) is 13.1 Å². The maximum Gasteiger partial charge on any atom is 0.317 e. The highest BCUT2D eigenvalue weighted by Crippen LogP contribution is 2.27.